The van der Waals surface area contributed by atoms with Crippen LogP contribution < -0.4 is 5.32 Å². The van der Waals surface area contributed by atoms with Crippen LogP contribution in [0, 0.1) is 5.92 Å². The number of aryl methyl sites for hydroxylation is 1. The van der Waals surface area contributed by atoms with E-state index in [4.69, 9.17) is 0 Å². The number of hydrogen-bond donors (Lipinski definition) is 2. The number of piperidine rings is 1. The van der Waals surface area contributed by atoms with Crippen molar-refractivity contribution in [3.63, 3.8) is 0 Å². The van der Waals surface area contributed by atoms with Crippen molar-refractivity contribution < 1.29 is 14.7 Å². The van der Waals surface area contributed by atoms with Crippen molar-refractivity contribution in [1.29, 1.82) is 0 Å². The molecule has 0 spiro atoms. The fourth-order valence-corrected chi connectivity index (χ4v) is 4.01. The van der Waals surface area contributed by atoms with Crippen LogP contribution in [0.5, 0.6) is 0 Å². The van der Waals surface area contributed by atoms with Crippen LogP contribution in [0.1, 0.15) is 45.8 Å². The van der Waals surface area contributed by atoms with Gasteiger partial charge in [-0.2, -0.15) is 5.10 Å². The Kier molecular flexibility index (Phi) is 5.43. The molecule has 1 fully saturated rings. The average molecular weight is 382 g/mol. The molecule has 3 heterocycles. The monoisotopic (exact) mass is 382 g/mol. The molecular formula is C21H26N4O3. The van der Waals surface area contributed by atoms with Gasteiger partial charge in [0.1, 0.15) is 5.69 Å². The summed E-state index contributed by atoms with van der Waals surface area (Å²) in [7, 11) is 0. The highest BCUT2D eigenvalue weighted by atomic mass is 16.3. The standard InChI is InChI=1S/C21H26N4O3/c26-17-13-22-20(27)19-12-18(23-25(19)14-17)21(28)24-10-8-16(9-11-24)7-6-15-4-2-1-3-5-15/h1-5,12,16-17,26H,6-11,13-14H2,(H,22,27)/t17-/m1/s1. The second-order valence-corrected chi connectivity index (χ2v) is 7.72. The lowest BCUT2D eigenvalue weighted by Gasteiger charge is -2.31. The summed E-state index contributed by atoms with van der Waals surface area (Å²) in [6.45, 7) is 1.84. The Labute approximate surface area is 164 Å². The zero-order valence-corrected chi connectivity index (χ0v) is 15.9. The smallest absolute Gasteiger partial charge is 0.274 e. The molecule has 2 aliphatic heterocycles. The second kappa shape index (κ2) is 8.14. The number of carbonyl (C=O) groups is 2. The highest BCUT2D eigenvalue weighted by Gasteiger charge is 2.28. The Morgan fingerprint density at radius 3 is 2.71 bits per heavy atom. The van der Waals surface area contributed by atoms with Crippen molar-refractivity contribution in [3.05, 3.63) is 53.3 Å². The lowest BCUT2D eigenvalue weighted by molar-refractivity contribution is 0.0678. The first-order valence-corrected chi connectivity index (χ1v) is 9.97. The first kappa shape index (κ1) is 18.7. The predicted molar refractivity (Wildman–Crippen MR) is 104 cm³/mol. The Balaban J connectivity index is 1.34. The number of nitrogens with one attached hydrogen (secondary N) is 1. The summed E-state index contributed by atoms with van der Waals surface area (Å²) in [4.78, 5) is 26.7. The van der Waals surface area contributed by atoms with Crippen LogP contribution in [0.3, 0.4) is 0 Å². The largest absolute Gasteiger partial charge is 0.389 e. The van der Waals surface area contributed by atoms with Crippen LogP contribution in [-0.2, 0) is 13.0 Å². The van der Waals surface area contributed by atoms with Gasteiger partial charge in [0.05, 0.1) is 12.6 Å². The van der Waals surface area contributed by atoms with Gasteiger partial charge in [0.15, 0.2) is 5.69 Å². The molecule has 7 heteroatoms. The number of amides is 2. The topological polar surface area (TPSA) is 87.5 Å². The van der Waals surface area contributed by atoms with E-state index in [1.165, 1.54) is 16.3 Å². The van der Waals surface area contributed by atoms with Crippen LogP contribution in [-0.4, -0.2) is 57.3 Å². The molecule has 0 aliphatic carbocycles. The van der Waals surface area contributed by atoms with Crippen molar-refractivity contribution in [2.45, 2.75) is 38.3 Å². The molecule has 148 valence electrons. The fourth-order valence-electron chi connectivity index (χ4n) is 4.01. The highest BCUT2D eigenvalue weighted by Crippen LogP contribution is 2.23. The first-order valence-electron chi connectivity index (χ1n) is 9.97. The van der Waals surface area contributed by atoms with E-state index in [1.54, 1.807) is 0 Å². The van der Waals surface area contributed by atoms with Gasteiger partial charge in [-0.1, -0.05) is 30.3 Å². The molecule has 2 aromatic rings. The van der Waals surface area contributed by atoms with Crippen LogP contribution in [0.2, 0.25) is 0 Å². The third kappa shape index (κ3) is 4.09. The summed E-state index contributed by atoms with van der Waals surface area (Å²) in [6.07, 6.45) is 3.50. The Morgan fingerprint density at radius 1 is 1.21 bits per heavy atom. The van der Waals surface area contributed by atoms with Gasteiger partial charge in [-0.15, -0.1) is 0 Å². The predicted octanol–water partition coefficient (Wildman–Crippen LogP) is 1.47. The maximum absolute atomic E-state index is 12.8. The molecule has 0 saturated carbocycles. The van der Waals surface area contributed by atoms with Crippen LogP contribution >= 0.6 is 0 Å². The maximum atomic E-state index is 12.8. The van der Waals surface area contributed by atoms with Gasteiger partial charge in [-0.25, -0.2) is 0 Å². The van der Waals surface area contributed by atoms with Crippen molar-refractivity contribution in [1.82, 2.24) is 20.0 Å². The third-order valence-corrected chi connectivity index (χ3v) is 5.70. The molecule has 0 bridgehead atoms. The van der Waals surface area contributed by atoms with Crippen LogP contribution in [0.4, 0.5) is 0 Å². The molecule has 28 heavy (non-hydrogen) atoms. The maximum Gasteiger partial charge on any atom is 0.274 e. The molecule has 0 unspecified atom stereocenters. The molecule has 4 rings (SSSR count). The number of rotatable bonds is 4. The van der Waals surface area contributed by atoms with Gasteiger partial charge in [-0.05, 0) is 37.2 Å². The van der Waals surface area contributed by atoms with E-state index in [2.05, 4.69) is 34.7 Å². The van der Waals surface area contributed by atoms with Crippen LogP contribution in [0.15, 0.2) is 36.4 Å². The summed E-state index contributed by atoms with van der Waals surface area (Å²) >= 11 is 0. The number of likely N-dealkylation sites (tertiary alicyclic amines) is 1. The van der Waals surface area contributed by atoms with E-state index in [0.717, 1.165) is 38.8 Å². The minimum atomic E-state index is -0.701. The third-order valence-electron chi connectivity index (χ3n) is 5.70. The number of aliphatic hydroxyl groups is 1. The SMILES string of the molecule is O=C1NC[C@@H](O)Cn2nc(C(=O)N3CCC(CCc4ccccc4)CC3)cc21. The number of carbonyl (C=O) groups excluding carboxylic acids is 2. The molecule has 0 radical (unpaired) electrons. The van der Waals surface area contributed by atoms with Gasteiger partial charge in [0.25, 0.3) is 11.8 Å². The van der Waals surface area contributed by atoms with Crippen molar-refractivity contribution in [2.24, 2.45) is 5.92 Å². The number of benzene rings is 1. The van der Waals surface area contributed by atoms with E-state index in [1.807, 2.05) is 11.0 Å². The van der Waals surface area contributed by atoms with Crippen molar-refractivity contribution >= 4 is 11.8 Å². The first-order chi connectivity index (χ1) is 13.6. The van der Waals surface area contributed by atoms with Crippen LogP contribution in [0.25, 0.3) is 0 Å². The zero-order valence-electron chi connectivity index (χ0n) is 15.9. The zero-order chi connectivity index (χ0) is 19.5. The number of hydrogen-bond acceptors (Lipinski definition) is 4. The van der Waals surface area contributed by atoms with E-state index in [9.17, 15) is 14.7 Å². The minimum absolute atomic E-state index is 0.135. The number of fused-ring (bicyclic) bond motifs is 1. The Hall–Kier alpha value is -2.67. The van der Waals surface area contributed by atoms with E-state index < -0.39 is 6.10 Å². The molecule has 1 saturated heterocycles. The number of aliphatic hydroxyl groups excluding tert-OH is 1. The second-order valence-electron chi connectivity index (χ2n) is 7.72. The fraction of sp³-hybridized carbons (Fsp3) is 0.476. The van der Waals surface area contributed by atoms with Crippen molar-refractivity contribution in [2.75, 3.05) is 19.6 Å². The molecule has 2 amide bonds. The Morgan fingerprint density at radius 2 is 1.96 bits per heavy atom. The lowest BCUT2D eigenvalue weighted by Crippen LogP contribution is -2.39. The van der Waals surface area contributed by atoms with Gasteiger partial charge >= 0.3 is 0 Å². The van der Waals surface area contributed by atoms with Crippen molar-refractivity contribution in [3.8, 4) is 0 Å². The molecule has 1 aromatic carbocycles. The number of nitrogens with zero attached hydrogens (tertiary/aromatic N) is 3. The Bertz CT molecular complexity index is 841. The quantitative estimate of drug-likeness (QED) is 0.838. The molecule has 1 atom stereocenters. The summed E-state index contributed by atoms with van der Waals surface area (Å²) in [5.74, 6) is 0.191. The summed E-state index contributed by atoms with van der Waals surface area (Å²) in [5, 5.41) is 16.8. The van der Waals surface area contributed by atoms with Gasteiger partial charge < -0.3 is 15.3 Å². The minimum Gasteiger partial charge on any atom is -0.389 e. The molecule has 1 aromatic heterocycles. The lowest BCUT2D eigenvalue weighted by atomic mass is 9.90. The van der Waals surface area contributed by atoms with E-state index >= 15 is 0 Å². The molecular weight excluding hydrogens is 356 g/mol. The highest BCUT2D eigenvalue weighted by molar-refractivity contribution is 5.98. The van der Waals surface area contributed by atoms with Gasteiger partial charge in [-0.3, -0.25) is 14.3 Å². The molecule has 7 nitrogen and oxygen atoms in total. The summed E-state index contributed by atoms with van der Waals surface area (Å²) < 4.78 is 1.44. The molecule has 2 N–H and O–H groups in total. The normalized spacial score (nSPS) is 20.4. The molecule has 2 aliphatic rings. The summed E-state index contributed by atoms with van der Waals surface area (Å²) in [6, 6.07) is 12.0. The van der Waals surface area contributed by atoms with E-state index in [0.29, 0.717) is 11.6 Å². The summed E-state index contributed by atoms with van der Waals surface area (Å²) in [5.41, 5.74) is 1.97. The van der Waals surface area contributed by atoms with E-state index in [-0.39, 0.29) is 30.6 Å². The average Bonchev–Trinajstić information content (AvgIpc) is 3.09. The van der Waals surface area contributed by atoms with Gasteiger partial charge in [0, 0.05) is 25.7 Å². The number of aromatic nitrogens is 2. The van der Waals surface area contributed by atoms with Gasteiger partial charge in [0.2, 0.25) is 0 Å². The number of β-amino-alcohol motifs (C(OH)–C–C–N with tert-alkyl or cyclic N) is 1.